The summed E-state index contributed by atoms with van der Waals surface area (Å²) in [5.74, 6) is 1.12. The SMILES string of the molecule is O=C(O)C1CCC(Cc2ccccc2Cl)CC1.OCC1CCC(Cc2ccccc2Cl)CC1. The van der Waals surface area contributed by atoms with Crippen molar-refractivity contribution in [1.29, 1.82) is 0 Å². The van der Waals surface area contributed by atoms with Gasteiger partial charge in [-0.05, 0) is 105 Å². The molecule has 2 aromatic rings. The quantitative estimate of drug-likeness (QED) is 0.441. The van der Waals surface area contributed by atoms with Crippen LogP contribution in [0.2, 0.25) is 10.0 Å². The van der Waals surface area contributed by atoms with Gasteiger partial charge >= 0.3 is 5.97 Å². The first-order valence-corrected chi connectivity index (χ1v) is 13.0. The number of carboxylic acid groups (broad SMARTS) is 1. The maximum atomic E-state index is 10.9. The van der Waals surface area contributed by atoms with Crippen molar-refractivity contribution in [3.05, 3.63) is 69.7 Å². The van der Waals surface area contributed by atoms with Crippen LogP contribution in [0.15, 0.2) is 48.5 Å². The summed E-state index contributed by atoms with van der Waals surface area (Å²) in [6.07, 6.45) is 10.5. The highest BCUT2D eigenvalue weighted by Crippen LogP contribution is 2.33. The average Bonchev–Trinajstić information content (AvgIpc) is 2.83. The predicted octanol–water partition coefficient (Wildman–Crippen LogP) is 7.45. The minimum atomic E-state index is -0.638. The first-order valence-electron chi connectivity index (χ1n) is 12.3. The Balaban J connectivity index is 0.000000186. The Labute approximate surface area is 208 Å². The number of halogens is 2. The minimum absolute atomic E-state index is 0.127. The van der Waals surface area contributed by atoms with E-state index < -0.39 is 5.97 Å². The van der Waals surface area contributed by atoms with Gasteiger partial charge in [0.05, 0.1) is 5.92 Å². The Morgan fingerprint density at radius 2 is 1.09 bits per heavy atom. The molecule has 180 valence electrons. The third kappa shape index (κ3) is 8.31. The first-order chi connectivity index (χ1) is 16.0. The number of rotatable bonds is 6. The topological polar surface area (TPSA) is 57.5 Å². The van der Waals surface area contributed by atoms with Gasteiger partial charge in [0, 0.05) is 16.7 Å². The van der Waals surface area contributed by atoms with Crippen LogP contribution in [0.25, 0.3) is 0 Å². The van der Waals surface area contributed by atoms with Gasteiger partial charge in [0.25, 0.3) is 0 Å². The van der Waals surface area contributed by atoms with E-state index in [1.54, 1.807) is 0 Å². The van der Waals surface area contributed by atoms with Crippen LogP contribution in [0.4, 0.5) is 0 Å². The van der Waals surface area contributed by atoms with Gasteiger partial charge in [-0.25, -0.2) is 0 Å². The lowest BCUT2D eigenvalue weighted by molar-refractivity contribution is -0.143. The lowest BCUT2D eigenvalue weighted by atomic mass is 9.79. The van der Waals surface area contributed by atoms with Crippen molar-refractivity contribution in [3.8, 4) is 0 Å². The average molecular weight is 491 g/mol. The summed E-state index contributed by atoms with van der Waals surface area (Å²) in [6.45, 7) is 0.360. The number of aliphatic carboxylic acids is 1. The highest BCUT2D eigenvalue weighted by molar-refractivity contribution is 6.31. The maximum Gasteiger partial charge on any atom is 0.306 e. The number of carbonyl (C=O) groups is 1. The molecule has 0 aliphatic heterocycles. The smallest absolute Gasteiger partial charge is 0.306 e. The largest absolute Gasteiger partial charge is 0.481 e. The fourth-order valence-electron chi connectivity index (χ4n) is 5.18. The van der Waals surface area contributed by atoms with Gasteiger partial charge in [0.2, 0.25) is 0 Å². The molecule has 33 heavy (non-hydrogen) atoms. The molecular weight excluding hydrogens is 455 g/mol. The van der Waals surface area contributed by atoms with Gasteiger partial charge < -0.3 is 10.2 Å². The molecule has 0 amide bonds. The molecule has 0 radical (unpaired) electrons. The van der Waals surface area contributed by atoms with E-state index in [2.05, 4.69) is 18.2 Å². The molecule has 2 aliphatic carbocycles. The summed E-state index contributed by atoms with van der Waals surface area (Å²) in [5, 5.41) is 19.7. The number of benzene rings is 2. The second-order valence-corrected chi connectivity index (χ2v) is 10.5. The summed E-state index contributed by atoms with van der Waals surface area (Å²) < 4.78 is 0. The highest BCUT2D eigenvalue weighted by Gasteiger charge is 2.26. The molecule has 0 saturated heterocycles. The van der Waals surface area contributed by atoms with Crippen molar-refractivity contribution in [3.63, 3.8) is 0 Å². The summed E-state index contributed by atoms with van der Waals surface area (Å²) in [6, 6.07) is 16.1. The highest BCUT2D eigenvalue weighted by atomic mass is 35.5. The summed E-state index contributed by atoms with van der Waals surface area (Å²) in [4.78, 5) is 10.9. The summed E-state index contributed by atoms with van der Waals surface area (Å²) in [5.41, 5.74) is 2.46. The molecule has 3 nitrogen and oxygen atoms in total. The molecule has 0 unspecified atom stereocenters. The molecule has 2 N–H and O–H groups in total. The molecule has 2 aliphatic rings. The lowest BCUT2D eigenvalue weighted by Crippen LogP contribution is -2.22. The number of carboxylic acids is 1. The van der Waals surface area contributed by atoms with Gasteiger partial charge in [-0.1, -0.05) is 59.6 Å². The van der Waals surface area contributed by atoms with Crippen molar-refractivity contribution < 1.29 is 15.0 Å². The monoisotopic (exact) mass is 490 g/mol. The molecule has 2 aromatic carbocycles. The van der Waals surface area contributed by atoms with Crippen LogP contribution in [-0.2, 0) is 17.6 Å². The van der Waals surface area contributed by atoms with E-state index >= 15 is 0 Å². The summed E-state index contributed by atoms with van der Waals surface area (Å²) in [7, 11) is 0. The Bertz CT molecular complexity index is 869. The zero-order valence-electron chi connectivity index (χ0n) is 19.3. The fourth-order valence-corrected chi connectivity index (χ4v) is 5.61. The van der Waals surface area contributed by atoms with Crippen LogP contribution in [0.1, 0.15) is 62.5 Å². The van der Waals surface area contributed by atoms with Crippen molar-refractivity contribution >= 4 is 29.2 Å². The van der Waals surface area contributed by atoms with E-state index in [0.717, 1.165) is 54.5 Å². The predicted molar refractivity (Wildman–Crippen MR) is 136 cm³/mol. The molecule has 5 heteroatoms. The number of aliphatic hydroxyl groups is 1. The molecule has 0 spiro atoms. The van der Waals surface area contributed by atoms with Gasteiger partial charge in [0.1, 0.15) is 0 Å². The van der Waals surface area contributed by atoms with Gasteiger partial charge in [-0.15, -0.1) is 0 Å². The Morgan fingerprint density at radius 3 is 1.48 bits per heavy atom. The molecular formula is C28H36Cl2O3. The van der Waals surface area contributed by atoms with Crippen molar-refractivity contribution in [2.24, 2.45) is 23.7 Å². The number of hydrogen-bond donors (Lipinski definition) is 2. The van der Waals surface area contributed by atoms with Gasteiger partial charge in [-0.2, -0.15) is 0 Å². The first kappa shape index (κ1) is 26.1. The van der Waals surface area contributed by atoms with Crippen molar-refractivity contribution in [2.75, 3.05) is 6.61 Å². The number of hydrogen-bond acceptors (Lipinski definition) is 2. The second kappa shape index (κ2) is 13.4. The zero-order chi connectivity index (χ0) is 23.6. The molecule has 0 bridgehead atoms. The van der Waals surface area contributed by atoms with E-state index in [9.17, 15) is 4.79 Å². The van der Waals surface area contributed by atoms with Crippen molar-refractivity contribution in [1.82, 2.24) is 0 Å². The van der Waals surface area contributed by atoms with Crippen LogP contribution < -0.4 is 0 Å². The fraction of sp³-hybridized carbons (Fsp3) is 0.536. The second-order valence-electron chi connectivity index (χ2n) is 9.72. The van der Waals surface area contributed by atoms with Crippen LogP contribution in [-0.4, -0.2) is 22.8 Å². The minimum Gasteiger partial charge on any atom is -0.481 e. The lowest BCUT2D eigenvalue weighted by Gasteiger charge is -2.27. The molecule has 2 saturated carbocycles. The molecule has 0 atom stereocenters. The molecule has 0 heterocycles. The van der Waals surface area contributed by atoms with Crippen LogP contribution in [0.5, 0.6) is 0 Å². The van der Waals surface area contributed by atoms with E-state index in [1.807, 2.05) is 30.3 Å². The van der Waals surface area contributed by atoms with Crippen LogP contribution in [0, 0.1) is 23.7 Å². The molecule has 4 rings (SSSR count). The maximum absolute atomic E-state index is 10.9. The van der Waals surface area contributed by atoms with Crippen LogP contribution in [0.3, 0.4) is 0 Å². The normalized spacial score (nSPS) is 25.1. The zero-order valence-corrected chi connectivity index (χ0v) is 20.8. The number of aliphatic hydroxyl groups excluding tert-OH is 1. The van der Waals surface area contributed by atoms with E-state index in [1.165, 1.54) is 36.8 Å². The third-order valence-corrected chi connectivity index (χ3v) is 8.09. The van der Waals surface area contributed by atoms with Gasteiger partial charge in [-0.3, -0.25) is 4.79 Å². The van der Waals surface area contributed by atoms with Crippen LogP contribution >= 0.6 is 23.2 Å². The molecule has 0 aromatic heterocycles. The van der Waals surface area contributed by atoms with E-state index in [0.29, 0.717) is 18.4 Å². The third-order valence-electron chi connectivity index (χ3n) is 7.35. The molecule has 2 fully saturated rings. The van der Waals surface area contributed by atoms with Crippen molar-refractivity contribution in [2.45, 2.75) is 64.2 Å². The Hall–Kier alpha value is -1.55. The summed E-state index contributed by atoms with van der Waals surface area (Å²) >= 11 is 12.3. The van der Waals surface area contributed by atoms with E-state index in [-0.39, 0.29) is 5.92 Å². The van der Waals surface area contributed by atoms with E-state index in [4.69, 9.17) is 33.4 Å². The Morgan fingerprint density at radius 1 is 0.697 bits per heavy atom. The van der Waals surface area contributed by atoms with Gasteiger partial charge in [0.15, 0.2) is 0 Å². The standard InChI is InChI=1S/C14H17ClO2.C14H19ClO/c15-13-4-2-1-3-12(13)9-10-5-7-11(8-6-10)14(16)17;15-14-4-2-1-3-13(14)9-11-5-7-12(10-16)8-6-11/h1-4,10-11H,5-9H2,(H,16,17);1-4,11-12,16H,5-10H2. The Kier molecular flexibility index (Phi) is 10.6.